The fourth-order valence-corrected chi connectivity index (χ4v) is 3.36. The normalized spacial score (nSPS) is 20.3. The van der Waals surface area contributed by atoms with Gasteiger partial charge >= 0.3 is 0 Å². The van der Waals surface area contributed by atoms with Crippen LogP contribution in [0.3, 0.4) is 0 Å². The van der Waals surface area contributed by atoms with Gasteiger partial charge in [0.25, 0.3) is 0 Å². The second kappa shape index (κ2) is 6.88. The third-order valence-electron chi connectivity index (χ3n) is 4.81. The van der Waals surface area contributed by atoms with Gasteiger partial charge in [-0.1, -0.05) is 30.3 Å². The van der Waals surface area contributed by atoms with Gasteiger partial charge in [0.2, 0.25) is 0 Å². The molecule has 0 N–H and O–H groups in total. The number of ether oxygens (including phenoxy) is 1. The topological polar surface area (TPSA) is 56.1 Å². The van der Waals surface area contributed by atoms with E-state index in [4.69, 9.17) is 9.72 Å². The van der Waals surface area contributed by atoms with E-state index in [2.05, 4.69) is 34.0 Å². The molecule has 4 rings (SSSR count). The summed E-state index contributed by atoms with van der Waals surface area (Å²) in [5.74, 6) is 1.78. The van der Waals surface area contributed by atoms with Crippen molar-refractivity contribution in [3.8, 4) is 0 Å². The summed E-state index contributed by atoms with van der Waals surface area (Å²) in [6.07, 6.45) is 6.48. The van der Waals surface area contributed by atoms with Gasteiger partial charge in [-0.3, -0.25) is 4.68 Å². The Balaban J connectivity index is 1.54. The van der Waals surface area contributed by atoms with Crippen molar-refractivity contribution >= 4 is 5.82 Å². The van der Waals surface area contributed by atoms with Gasteiger partial charge in [-0.25, -0.2) is 9.97 Å². The number of rotatable bonds is 4. The van der Waals surface area contributed by atoms with Crippen molar-refractivity contribution in [3.05, 3.63) is 71.9 Å². The van der Waals surface area contributed by atoms with E-state index < -0.39 is 5.60 Å². The van der Waals surface area contributed by atoms with Gasteiger partial charge in [-0.15, -0.1) is 0 Å². The van der Waals surface area contributed by atoms with Crippen LogP contribution in [0, 0.1) is 0 Å². The molecule has 0 saturated carbocycles. The Morgan fingerprint density at radius 3 is 2.81 bits per heavy atom. The molecule has 1 aromatic carbocycles. The Kier molecular flexibility index (Phi) is 4.42. The molecule has 0 spiro atoms. The van der Waals surface area contributed by atoms with Crippen molar-refractivity contribution in [2.45, 2.75) is 18.9 Å². The van der Waals surface area contributed by atoms with Crippen LogP contribution in [0.15, 0.2) is 55.0 Å². The number of benzene rings is 1. The molecule has 0 bridgehead atoms. The lowest BCUT2D eigenvalue weighted by molar-refractivity contribution is -0.0468. The van der Waals surface area contributed by atoms with Crippen LogP contribution >= 0.6 is 0 Å². The quantitative estimate of drug-likeness (QED) is 0.724. The molecule has 3 heterocycles. The molecule has 6 heteroatoms. The first-order chi connectivity index (χ1) is 12.6. The summed E-state index contributed by atoms with van der Waals surface area (Å²) in [5, 5.41) is 4.29. The highest BCUT2D eigenvalue weighted by molar-refractivity contribution is 5.40. The number of aryl methyl sites for hydroxylation is 1. The highest BCUT2D eigenvalue weighted by Crippen LogP contribution is 2.30. The van der Waals surface area contributed by atoms with Gasteiger partial charge in [0.1, 0.15) is 17.2 Å². The van der Waals surface area contributed by atoms with Crippen LogP contribution in [0.1, 0.15) is 23.9 Å². The van der Waals surface area contributed by atoms with E-state index in [9.17, 15) is 0 Å². The van der Waals surface area contributed by atoms with E-state index in [-0.39, 0.29) is 0 Å². The van der Waals surface area contributed by atoms with Crippen LogP contribution in [-0.2, 0) is 23.8 Å². The summed E-state index contributed by atoms with van der Waals surface area (Å²) in [6.45, 7) is 4.32. The maximum Gasteiger partial charge on any atom is 0.135 e. The van der Waals surface area contributed by atoms with Gasteiger partial charge < -0.3 is 9.64 Å². The fourth-order valence-electron chi connectivity index (χ4n) is 3.36. The molecule has 0 amide bonds. The second-order valence-corrected chi connectivity index (χ2v) is 6.90. The third-order valence-corrected chi connectivity index (χ3v) is 4.81. The maximum atomic E-state index is 6.10. The van der Waals surface area contributed by atoms with Crippen molar-refractivity contribution in [1.29, 1.82) is 0 Å². The van der Waals surface area contributed by atoms with E-state index >= 15 is 0 Å². The molecule has 1 fully saturated rings. The lowest BCUT2D eigenvalue weighted by Gasteiger charge is -2.40. The fraction of sp³-hybridized carbons (Fsp3) is 0.350. The number of morpholine rings is 1. The number of nitrogens with zero attached hydrogens (tertiary/aromatic N) is 5. The molecule has 1 saturated heterocycles. The monoisotopic (exact) mass is 349 g/mol. The third kappa shape index (κ3) is 3.46. The van der Waals surface area contributed by atoms with Crippen LogP contribution in [0.4, 0.5) is 5.82 Å². The van der Waals surface area contributed by atoms with Crippen molar-refractivity contribution in [2.75, 3.05) is 24.6 Å². The average Bonchev–Trinajstić information content (AvgIpc) is 3.10. The van der Waals surface area contributed by atoms with Gasteiger partial charge in [-0.2, -0.15) is 5.10 Å². The molecule has 1 aliphatic rings. The first-order valence-electron chi connectivity index (χ1n) is 8.86. The van der Waals surface area contributed by atoms with E-state index in [1.54, 1.807) is 0 Å². The lowest BCUT2D eigenvalue weighted by Crippen LogP contribution is -2.48. The first kappa shape index (κ1) is 16.7. The lowest BCUT2D eigenvalue weighted by atomic mass is 9.97. The van der Waals surface area contributed by atoms with Crippen molar-refractivity contribution in [3.63, 3.8) is 0 Å². The molecule has 26 heavy (non-hydrogen) atoms. The van der Waals surface area contributed by atoms with Crippen LogP contribution < -0.4 is 4.90 Å². The minimum absolute atomic E-state index is 0.392. The minimum atomic E-state index is -0.392. The summed E-state index contributed by atoms with van der Waals surface area (Å²) in [4.78, 5) is 11.5. The predicted octanol–water partition coefficient (Wildman–Crippen LogP) is 2.55. The Bertz CT molecular complexity index is 879. The average molecular weight is 349 g/mol. The largest absolute Gasteiger partial charge is 0.367 e. The SMILES string of the molecule is Cn1cc(C2(C)CN(c3ccnc(Cc4ccccc4)n3)CCO2)cn1. The molecule has 3 aromatic rings. The summed E-state index contributed by atoms with van der Waals surface area (Å²) in [6, 6.07) is 12.3. The second-order valence-electron chi connectivity index (χ2n) is 6.90. The van der Waals surface area contributed by atoms with E-state index in [0.717, 1.165) is 36.7 Å². The zero-order valence-electron chi connectivity index (χ0n) is 15.2. The standard InChI is InChI=1S/C20H23N5O/c1-20(17-13-22-24(2)14-17)15-25(10-11-26-20)19-8-9-21-18(23-19)12-16-6-4-3-5-7-16/h3-9,13-14H,10-12,15H2,1-2H3. The van der Waals surface area contributed by atoms with Crippen LogP contribution in [0.2, 0.25) is 0 Å². The molecule has 134 valence electrons. The Hall–Kier alpha value is -2.73. The van der Waals surface area contributed by atoms with Crippen LogP contribution in [0.25, 0.3) is 0 Å². The molecular weight excluding hydrogens is 326 g/mol. The number of hydrogen-bond donors (Lipinski definition) is 0. The highest BCUT2D eigenvalue weighted by atomic mass is 16.5. The zero-order chi connectivity index (χ0) is 18.0. The van der Waals surface area contributed by atoms with E-state index in [1.807, 2.05) is 54.6 Å². The number of anilines is 1. The summed E-state index contributed by atoms with van der Waals surface area (Å²) < 4.78 is 7.92. The highest BCUT2D eigenvalue weighted by Gasteiger charge is 2.35. The molecule has 0 radical (unpaired) electrons. The summed E-state index contributed by atoms with van der Waals surface area (Å²) in [7, 11) is 1.92. The molecule has 6 nitrogen and oxygen atoms in total. The molecule has 1 atom stereocenters. The smallest absolute Gasteiger partial charge is 0.135 e. The predicted molar refractivity (Wildman–Crippen MR) is 100 cm³/mol. The van der Waals surface area contributed by atoms with Crippen LogP contribution in [0.5, 0.6) is 0 Å². The maximum absolute atomic E-state index is 6.10. The number of hydrogen-bond acceptors (Lipinski definition) is 5. The summed E-state index contributed by atoms with van der Waals surface area (Å²) >= 11 is 0. The van der Waals surface area contributed by atoms with Crippen molar-refractivity contribution < 1.29 is 4.74 Å². The van der Waals surface area contributed by atoms with E-state index in [0.29, 0.717) is 6.61 Å². The van der Waals surface area contributed by atoms with Gasteiger partial charge in [0, 0.05) is 38.0 Å². The zero-order valence-corrected chi connectivity index (χ0v) is 15.2. The molecule has 1 unspecified atom stereocenters. The van der Waals surface area contributed by atoms with E-state index in [1.165, 1.54) is 5.56 Å². The Labute approximate surface area is 153 Å². The molecule has 0 aliphatic carbocycles. The Morgan fingerprint density at radius 2 is 2.04 bits per heavy atom. The minimum Gasteiger partial charge on any atom is -0.367 e. The molecule has 2 aromatic heterocycles. The molecular formula is C20H23N5O. The van der Waals surface area contributed by atoms with Gasteiger partial charge in [-0.05, 0) is 18.6 Å². The first-order valence-corrected chi connectivity index (χ1v) is 8.86. The van der Waals surface area contributed by atoms with Crippen molar-refractivity contribution in [1.82, 2.24) is 19.7 Å². The van der Waals surface area contributed by atoms with Gasteiger partial charge in [0.15, 0.2) is 0 Å². The summed E-state index contributed by atoms with van der Waals surface area (Å²) in [5.41, 5.74) is 1.91. The van der Waals surface area contributed by atoms with Crippen molar-refractivity contribution in [2.24, 2.45) is 7.05 Å². The number of aromatic nitrogens is 4. The van der Waals surface area contributed by atoms with Gasteiger partial charge in [0.05, 0.1) is 19.3 Å². The Morgan fingerprint density at radius 1 is 1.19 bits per heavy atom. The van der Waals surface area contributed by atoms with Crippen LogP contribution in [-0.4, -0.2) is 39.4 Å². The molecule has 1 aliphatic heterocycles.